The Morgan fingerprint density at radius 3 is 2.53 bits per heavy atom. The van der Waals surface area contributed by atoms with Gasteiger partial charge in [-0.25, -0.2) is 27.1 Å². The van der Waals surface area contributed by atoms with Gasteiger partial charge in [0, 0.05) is 18.8 Å². The Morgan fingerprint density at radius 1 is 1.27 bits per heavy atom. The molecule has 13 heteroatoms. The molecule has 2 heterocycles. The molecule has 0 unspecified atom stereocenters. The molecule has 0 bridgehead atoms. The summed E-state index contributed by atoms with van der Waals surface area (Å²) < 4.78 is 78.5. The van der Waals surface area contributed by atoms with E-state index in [9.17, 15) is 30.8 Å². The number of likely N-dealkylation sites (N-methyl/N-ethyl adjacent to an activating group) is 1. The van der Waals surface area contributed by atoms with E-state index in [0.717, 1.165) is 11.0 Å². The third kappa shape index (κ3) is 4.19. The average Bonchev–Trinajstić information content (AvgIpc) is 2.96. The molecule has 2 aromatic rings. The van der Waals surface area contributed by atoms with Crippen LogP contribution in [-0.4, -0.2) is 43.1 Å². The molecule has 1 amide bonds. The number of halogens is 5. The molecule has 1 aliphatic rings. The SMILES string of the molecule is Cc1nc(N2[C@H](C(=O)N(C)c3ccc(F)c(Cl)c3)CCS2(=O)=O)cc(C(F)(F)F)n1. The Kier molecular flexibility index (Phi) is 5.67. The lowest BCUT2D eigenvalue weighted by Gasteiger charge is -2.28. The maximum Gasteiger partial charge on any atom is 0.433 e. The molecule has 0 N–H and O–H groups in total. The van der Waals surface area contributed by atoms with Crippen LogP contribution in [0.5, 0.6) is 0 Å². The Bertz CT molecular complexity index is 1110. The summed E-state index contributed by atoms with van der Waals surface area (Å²) in [4.78, 5) is 21.2. The van der Waals surface area contributed by atoms with Gasteiger partial charge in [-0.2, -0.15) is 13.2 Å². The van der Waals surface area contributed by atoms with Crippen LogP contribution in [0.3, 0.4) is 0 Å². The number of amides is 1. The minimum Gasteiger partial charge on any atom is -0.314 e. The zero-order valence-electron chi connectivity index (χ0n) is 15.6. The fourth-order valence-corrected chi connectivity index (χ4v) is 4.90. The predicted octanol–water partition coefficient (Wildman–Crippen LogP) is 3.17. The van der Waals surface area contributed by atoms with E-state index >= 15 is 0 Å². The van der Waals surface area contributed by atoms with E-state index in [-0.39, 0.29) is 23.0 Å². The standard InChI is InChI=1S/C17H15ClF4N4O3S/c1-9-23-14(17(20,21)22)8-15(24-9)26-13(5-6-30(26,28)29)16(27)25(2)10-3-4-12(19)11(18)7-10/h3-4,7-8,13H,5-6H2,1-2H3/t13-/m0/s1. The number of alkyl halides is 3. The second-order valence-corrected chi connectivity index (χ2v) is 8.94. The lowest BCUT2D eigenvalue weighted by Crippen LogP contribution is -2.46. The second-order valence-electron chi connectivity index (χ2n) is 6.57. The molecule has 30 heavy (non-hydrogen) atoms. The first-order chi connectivity index (χ1) is 13.8. The van der Waals surface area contributed by atoms with Gasteiger partial charge in [-0.3, -0.25) is 4.79 Å². The number of aryl methyl sites for hydroxylation is 1. The lowest BCUT2D eigenvalue weighted by atomic mass is 10.1. The van der Waals surface area contributed by atoms with Gasteiger partial charge in [-0.15, -0.1) is 0 Å². The van der Waals surface area contributed by atoms with Gasteiger partial charge in [0.2, 0.25) is 10.0 Å². The number of carbonyl (C=O) groups is 1. The fraction of sp³-hybridized carbons (Fsp3) is 0.353. The number of hydrogen-bond donors (Lipinski definition) is 0. The highest BCUT2D eigenvalue weighted by atomic mass is 35.5. The zero-order chi connectivity index (χ0) is 22.4. The van der Waals surface area contributed by atoms with E-state index in [1.165, 1.54) is 26.1 Å². The normalized spacial score (nSPS) is 18.5. The summed E-state index contributed by atoms with van der Waals surface area (Å²) in [7, 11) is -2.78. The zero-order valence-corrected chi connectivity index (χ0v) is 17.2. The molecular weight excluding hydrogens is 452 g/mol. The lowest BCUT2D eigenvalue weighted by molar-refractivity contribution is -0.141. The van der Waals surface area contributed by atoms with Crippen LogP contribution in [0.25, 0.3) is 0 Å². The number of anilines is 2. The van der Waals surface area contributed by atoms with Gasteiger partial charge in [-0.05, 0) is 31.5 Å². The first-order valence-corrected chi connectivity index (χ1v) is 10.5. The summed E-state index contributed by atoms with van der Waals surface area (Å²) >= 11 is 5.73. The number of hydrogen-bond acceptors (Lipinski definition) is 5. The molecule has 0 radical (unpaired) electrons. The highest BCUT2D eigenvalue weighted by Crippen LogP contribution is 2.34. The van der Waals surface area contributed by atoms with E-state index < -0.39 is 51.2 Å². The number of benzene rings is 1. The molecule has 3 rings (SSSR count). The third-order valence-corrected chi connectivity index (χ3v) is 6.56. The summed E-state index contributed by atoms with van der Waals surface area (Å²) in [5.41, 5.74) is -1.14. The number of rotatable bonds is 3. The molecular formula is C17H15ClF4N4O3S. The van der Waals surface area contributed by atoms with E-state index in [2.05, 4.69) is 9.97 Å². The summed E-state index contributed by atoms with van der Waals surface area (Å²) in [5.74, 6) is -2.74. The van der Waals surface area contributed by atoms with Crippen molar-refractivity contribution < 1.29 is 30.8 Å². The van der Waals surface area contributed by atoms with Crippen molar-refractivity contribution in [3.05, 3.63) is 46.6 Å². The average molecular weight is 467 g/mol. The molecule has 0 saturated carbocycles. The number of aromatic nitrogens is 2. The second kappa shape index (κ2) is 7.65. The van der Waals surface area contributed by atoms with Crippen molar-refractivity contribution in [2.45, 2.75) is 25.6 Å². The Balaban J connectivity index is 2.02. The summed E-state index contributed by atoms with van der Waals surface area (Å²) in [6, 6.07) is 2.64. The maximum atomic E-state index is 13.4. The van der Waals surface area contributed by atoms with Gasteiger partial charge in [0.05, 0.1) is 10.8 Å². The van der Waals surface area contributed by atoms with E-state index in [0.29, 0.717) is 10.4 Å². The van der Waals surface area contributed by atoms with Crippen LogP contribution in [0.2, 0.25) is 5.02 Å². The van der Waals surface area contributed by atoms with Crippen LogP contribution < -0.4 is 9.21 Å². The van der Waals surface area contributed by atoms with Crippen LogP contribution in [0.15, 0.2) is 24.3 Å². The fourth-order valence-electron chi connectivity index (χ4n) is 3.05. The molecule has 1 aromatic heterocycles. The van der Waals surface area contributed by atoms with Crippen molar-refractivity contribution in [3.8, 4) is 0 Å². The number of nitrogens with zero attached hydrogens (tertiary/aromatic N) is 4. The molecule has 1 fully saturated rings. The largest absolute Gasteiger partial charge is 0.433 e. The minimum absolute atomic E-state index is 0.162. The van der Waals surface area contributed by atoms with Crippen molar-refractivity contribution in [1.82, 2.24) is 9.97 Å². The molecule has 162 valence electrons. The van der Waals surface area contributed by atoms with Gasteiger partial charge >= 0.3 is 6.18 Å². The monoisotopic (exact) mass is 466 g/mol. The first-order valence-electron chi connectivity index (χ1n) is 8.49. The summed E-state index contributed by atoms with van der Waals surface area (Å²) in [5, 5.41) is -0.246. The molecule has 0 aliphatic carbocycles. The molecule has 0 spiro atoms. The third-order valence-electron chi connectivity index (χ3n) is 4.48. The number of carbonyl (C=O) groups excluding carboxylic acids is 1. The van der Waals surface area contributed by atoms with E-state index in [1.54, 1.807) is 0 Å². The molecule has 1 saturated heterocycles. The Hall–Kier alpha value is -2.47. The predicted molar refractivity (Wildman–Crippen MR) is 101 cm³/mol. The van der Waals surface area contributed by atoms with Gasteiger partial charge in [0.25, 0.3) is 5.91 Å². The van der Waals surface area contributed by atoms with Crippen LogP contribution in [-0.2, 0) is 21.0 Å². The van der Waals surface area contributed by atoms with Gasteiger partial charge in [-0.1, -0.05) is 11.6 Å². The van der Waals surface area contributed by atoms with E-state index in [4.69, 9.17) is 11.6 Å². The van der Waals surface area contributed by atoms with E-state index in [1.807, 2.05) is 0 Å². The molecule has 1 atom stereocenters. The summed E-state index contributed by atoms with van der Waals surface area (Å²) in [6.45, 7) is 1.19. The molecule has 1 aromatic carbocycles. The van der Waals surface area contributed by atoms with Crippen LogP contribution in [0.4, 0.5) is 29.1 Å². The van der Waals surface area contributed by atoms with Crippen molar-refractivity contribution in [1.29, 1.82) is 0 Å². The Morgan fingerprint density at radius 2 is 1.93 bits per heavy atom. The minimum atomic E-state index is -4.83. The van der Waals surface area contributed by atoms with Crippen molar-refractivity contribution in [2.75, 3.05) is 22.0 Å². The highest BCUT2D eigenvalue weighted by molar-refractivity contribution is 7.93. The first kappa shape index (κ1) is 22.2. The maximum absolute atomic E-state index is 13.4. The summed E-state index contributed by atoms with van der Waals surface area (Å²) in [6.07, 6.45) is -4.99. The molecule has 7 nitrogen and oxygen atoms in total. The smallest absolute Gasteiger partial charge is 0.314 e. The highest BCUT2D eigenvalue weighted by Gasteiger charge is 2.45. The topological polar surface area (TPSA) is 83.5 Å². The van der Waals surface area contributed by atoms with Gasteiger partial charge < -0.3 is 4.90 Å². The van der Waals surface area contributed by atoms with Crippen LogP contribution >= 0.6 is 11.6 Å². The van der Waals surface area contributed by atoms with Crippen LogP contribution in [0, 0.1) is 12.7 Å². The van der Waals surface area contributed by atoms with Crippen molar-refractivity contribution in [3.63, 3.8) is 0 Å². The van der Waals surface area contributed by atoms with Gasteiger partial charge in [0.15, 0.2) is 0 Å². The van der Waals surface area contributed by atoms with Crippen molar-refractivity contribution >= 4 is 39.0 Å². The quantitative estimate of drug-likeness (QED) is 0.649. The molecule has 1 aliphatic heterocycles. The van der Waals surface area contributed by atoms with Crippen molar-refractivity contribution in [2.24, 2.45) is 0 Å². The Labute approximate surface area is 174 Å². The van der Waals surface area contributed by atoms with Gasteiger partial charge in [0.1, 0.15) is 29.2 Å². The van der Waals surface area contributed by atoms with Crippen LogP contribution in [0.1, 0.15) is 17.9 Å². The number of sulfonamides is 1.